The Labute approximate surface area is 522 Å². The minimum Gasteiger partial charge on any atom is -0.455 e. The number of furan rings is 2. The third-order valence-electron chi connectivity index (χ3n) is 18.9. The smallest absolute Gasteiger partial charge is 0.145 e. The zero-order valence-electron chi connectivity index (χ0n) is 48.6. The number of nitrogens with zero attached hydrogens (tertiary/aromatic N) is 8. The van der Waals surface area contributed by atoms with Crippen LogP contribution in [0.15, 0.2) is 264 Å². The van der Waals surface area contributed by atoms with E-state index in [2.05, 4.69) is 176 Å². The first-order valence-corrected chi connectivity index (χ1v) is 30.3. The highest BCUT2D eigenvalue weighted by Crippen LogP contribution is 2.48. The Morgan fingerprint density at radius 2 is 0.739 bits per heavy atom. The first-order valence-electron chi connectivity index (χ1n) is 30.3. The van der Waals surface area contributed by atoms with Gasteiger partial charge < -0.3 is 27.1 Å². The fourth-order valence-electron chi connectivity index (χ4n) is 15.0. The average Bonchev–Trinajstić information content (AvgIpc) is 1.56. The normalized spacial score (nSPS) is 11.9. The van der Waals surface area contributed by atoms with Gasteiger partial charge in [0.25, 0.3) is 0 Å². The lowest BCUT2D eigenvalue weighted by Crippen LogP contribution is -2.07. The van der Waals surface area contributed by atoms with Crippen LogP contribution in [0.25, 0.3) is 176 Å². The molecule has 422 valence electrons. The molecule has 10 nitrogen and oxygen atoms in total. The van der Waals surface area contributed by atoms with Crippen LogP contribution in [-0.4, -0.2) is 18.3 Å². The molecule has 0 radical (unpaired) electrons. The quantitative estimate of drug-likeness (QED) is 0.162. The second-order valence-corrected chi connectivity index (χ2v) is 23.5. The van der Waals surface area contributed by atoms with Crippen LogP contribution >= 0.6 is 0 Å². The first-order chi connectivity index (χ1) is 45.5. The molecular formula is C82H42N8O2. The van der Waals surface area contributed by atoms with Crippen molar-refractivity contribution in [3.63, 3.8) is 0 Å². The Morgan fingerprint density at radius 3 is 1.39 bits per heavy atom. The van der Waals surface area contributed by atoms with E-state index in [9.17, 15) is 21.0 Å². The van der Waals surface area contributed by atoms with E-state index in [1.54, 1.807) is 6.07 Å². The van der Waals surface area contributed by atoms with Crippen LogP contribution in [0.4, 0.5) is 0 Å². The van der Waals surface area contributed by atoms with Gasteiger partial charge in [0, 0.05) is 53.9 Å². The van der Waals surface area contributed by atoms with Gasteiger partial charge >= 0.3 is 0 Å². The van der Waals surface area contributed by atoms with Crippen molar-refractivity contribution in [3.8, 4) is 69.3 Å². The minimum absolute atomic E-state index is 0.349. The lowest BCUT2D eigenvalue weighted by Gasteiger charge is -2.19. The van der Waals surface area contributed by atoms with Gasteiger partial charge in [-0.15, -0.1) is 0 Å². The number of aromatic nitrogens is 4. The van der Waals surface area contributed by atoms with Gasteiger partial charge in [0.05, 0.1) is 100 Å². The standard InChI is InChI=1S/C82H42N8O2/c83-43-47-38-53(45-85)80(74(39-47)88-68-24-12-7-20-62(68)77-71(88)36-32-60-58-19-8-13-25-75(58)91-81(60)77)90-67-23-11-6-18-56(67)57-30-26-50(41-73(57)90)51-27-31-59-61-33-37-72-78(82(61)92-76(59)42-51)63-40-49(48-14-2-1-3-15-48)28-34-69(63)87(72)70-35-29-52(44-84)79(64(70)46-86)89-65-21-9-4-16-54(65)55-17-5-10-22-66(55)89/h1-42H. The van der Waals surface area contributed by atoms with Crippen LogP contribution in [0.3, 0.4) is 0 Å². The maximum absolute atomic E-state index is 11.5. The maximum Gasteiger partial charge on any atom is 0.145 e. The number of nitriles is 4. The van der Waals surface area contributed by atoms with E-state index in [0.29, 0.717) is 56.2 Å². The fraction of sp³-hybridized carbons (Fsp3) is 0. The summed E-state index contributed by atoms with van der Waals surface area (Å²) >= 11 is 0. The molecule has 0 spiro atoms. The SMILES string of the molecule is N#Cc1cc(C#N)c(-n2c3ccccc3c3ccc(-c4ccc5c(c4)oc4c5ccc5c4c4cc(-c6ccccc6)ccc4n5-c4ccc(C#N)c(-n5c6ccccc6c6ccccc65)c4C#N)cc32)c(-n2c3ccccc3c3c4oc5ccccc5c4ccc32)c1. The summed E-state index contributed by atoms with van der Waals surface area (Å²) < 4.78 is 22.6. The van der Waals surface area contributed by atoms with Crippen molar-refractivity contribution in [1.82, 2.24) is 18.3 Å². The van der Waals surface area contributed by atoms with Gasteiger partial charge in [-0.25, -0.2) is 0 Å². The van der Waals surface area contributed by atoms with Gasteiger partial charge in [-0.1, -0.05) is 146 Å². The van der Waals surface area contributed by atoms with Crippen LogP contribution in [-0.2, 0) is 0 Å². The third-order valence-corrected chi connectivity index (χ3v) is 18.9. The van der Waals surface area contributed by atoms with Crippen LogP contribution < -0.4 is 0 Å². The second-order valence-electron chi connectivity index (χ2n) is 23.5. The molecular weight excluding hydrogens is 1130 g/mol. The lowest BCUT2D eigenvalue weighted by atomic mass is 10.0. The van der Waals surface area contributed by atoms with E-state index < -0.39 is 0 Å². The highest BCUT2D eigenvalue weighted by Gasteiger charge is 2.28. The van der Waals surface area contributed by atoms with Crippen molar-refractivity contribution in [2.75, 3.05) is 0 Å². The largest absolute Gasteiger partial charge is 0.455 e. The molecule has 0 saturated heterocycles. The fourth-order valence-corrected chi connectivity index (χ4v) is 15.0. The molecule has 0 bridgehead atoms. The highest BCUT2D eigenvalue weighted by molar-refractivity contribution is 6.26. The van der Waals surface area contributed by atoms with Crippen molar-refractivity contribution < 1.29 is 8.83 Å². The second kappa shape index (κ2) is 19.1. The molecule has 13 aromatic carbocycles. The maximum atomic E-state index is 11.5. The molecule has 92 heavy (non-hydrogen) atoms. The van der Waals surface area contributed by atoms with Crippen LogP contribution in [0.5, 0.6) is 0 Å². The van der Waals surface area contributed by atoms with Crippen molar-refractivity contribution >= 4 is 131 Å². The molecule has 10 heteroatoms. The molecule has 6 heterocycles. The molecule has 0 amide bonds. The predicted octanol–water partition coefficient (Wildman–Crippen LogP) is 20.7. The number of fused-ring (bicyclic) bond motifs is 20. The van der Waals surface area contributed by atoms with Crippen molar-refractivity contribution in [2.24, 2.45) is 0 Å². The van der Waals surface area contributed by atoms with Crippen LogP contribution in [0.2, 0.25) is 0 Å². The monoisotopic (exact) mass is 1170 g/mol. The summed E-state index contributed by atoms with van der Waals surface area (Å²) in [7, 11) is 0. The number of para-hydroxylation sites is 5. The Morgan fingerprint density at radius 1 is 0.261 bits per heavy atom. The molecule has 0 atom stereocenters. The summed E-state index contributed by atoms with van der Waals surface area (Å²) in [5.41, 5.74) is 17.9. The molecule has 6 aromatic heterocycles. The van der Waals surface area contributed by atoms with E-state index in [1.807, 2.05) is 115 Å². The van der Waals surface area contributed by atoms with Gasteiger partial charge in [0.2, 0.25) is 0 Å². The van der Waals surface area contributed by atoms with Gasteiger partial charge in [-0.2, -0.15) is 21.0 Å². The van der Waals surface area contributed by atoms with E-state index in [-0.39, 0.29) is 0 Å². The summed E-state index contributed by atoms with van der Waals surface area (Å²) in [6, 6.07) is 96.4. The lowest BCUT2D eigenvalue weighted by molar-refractivity contribution is 0.672. The van der Waals surface area contributed by atoms with Crippen molar-refractivity contribution in [1.29, 1.82) is 21.0 Å². The molecule has 0 saturated carbocycles. The van der Waals surface area contributed by atoms with E-state index >= 15 is 0 Å². The molecule has 19 rings (SSSR count). The highest BCUT2D eigenvalue weighted by atomic mass is 16.3. The summed E-state index contributed by atoms with van der Waals surface area (Å²) in [6.07, 6.45) is 0. The summed E-state index contributed by atoms with van der Waals surface area (Å²) in [4.78, 5) is 0. The van der Waals surface area contributed by atoms with Gasteiger partial charge in [-0.3, -0.25) is 0 Å². The van der Waals surface area contributed by atoms with Crippen LogP contribution in [0, 0.1) is 45.3 Å². The van der Waals surface area contributed by atoms with Crippen LogP contribution in [0.1, 0.15) is 22.3 Å². The van der Waals surface area contributed by atoms with Crippen molar-refractivity contribution in [2.45, 2.75) is 0 Å². The first kappa shape index (κ1) is 50.7. The summed E-state index contributed by atoms with van der Waals surface area (Å²) in [6.45, 7) is 0. The van der Waals surface area contributed by atoms with Crippen molar-refractivity contribution in [3.05, 3.63) is 277 Å². The number of hydrogen-bond acceptors (Lipinski definition) is 6. The Hall–Kier alpha value is -13.4. The Kier molecular flexibility index (Phi) is 10.5. The Bertz CT molecular complexity index is 6640. The average molecular weight is 1170 g/mol. The van der Waals surface area contributed by atoms with E-state index in [4.69, 9.17) is 8.83 Å². The molecule has 0 unspecified atom stereocenters. The van der Waals surface area contributed by atoms with E-state index in [1.165, 1.54) is 0 Å². The van der Waals surface area contributed by atoms with Gasteiger partial charge in [-0.05, 0) is 131 Å². The number of rotatable bonds is 6. The zero-order chi connectivity index (χ0) is 61.0. The molecule has 0 aliphatic heterocycles. The molecule has 0 N–H and O–H groups in total. The minimum atomic E-state index is 0.349. The molecule has 19 aromatic rings. The topological polar surface area (TPSA) is 141 Å². The molecule has 0 aliphatic carbocycles. The summed E-state index contributed by atoms with van der Waals surface area (Å²) in [5.74, 6) is 0. The number of benzene rings is 13. The number of hydrogen-bond donors (Lipinski definition) is 0. The molecule has 0 aliphatic rings. The third kappa shape index (κ3) is 6.92. The zero-order valence-corrected chi connectivity index (χ0v) is 48.6. The van der Waals surface area contributed by atoms with Gasteiger partial charge in [0.1, 0.15) is 46.1 Å². The van der Waals surface area contributed by atoms with Gasteiger partial charge in [0.15, 0.2) is 0 Å². The molecule has 0 fully saturated rings. The predicted molar refractivity (Wildman–Crippen MR) is 368 cm³/mol. The van der Waals surface area contributed by atoms with E-state index in [0.717, 1.165) is 142 Å². The Balaban J connectivity index is 0.825. The summed E-state index contributed by atoms with van der Waals surface area (Å²) in [5, 5.41) is 56.1.